The van der Waals surface area contributed by atoms with Crippen molar-refractivity contribution >= 4 is 0 Å². The zero-order valence-corrected chi connectivity index (χ0v) is 7.02. The lowest BCUT2D eigenvalue weighted by molar-refractivity contribution is -0.189. The number of unbranched alkanes of at least 4 members (excludes halogenated alkanes) is 2. The Morgan fingerprint density at radius 2 is 2.00 bits per heavy atom. The van der Waals surface area contributed by atoms with Crippen LogP contribution in [0.15, 0.2) is 0 Å². The molecule has 0 spiro atoms. The molecule has 0 aromatic rings. The molecule has 0 saturated carbocycles. The number of hydrogen-bond donors (Lipinski definition) is 1. The first kappa shape index (κ1) is 12.2. The Labute approximate surface area is 74.4 Å². The summed E-state index contributed by atoms with van der Waals surface area (Å²) in [5, 5.41) is 8.13. The molecule has 0 aliphatic carbocycles. The van der Waals surface area contributed by atoms with Crippen molar-refractivity contribution in [3.8, 4) is 6.07 Å². The molecule has 0 aromatic carbocycles. The van der Waals surface area contributed by atoms with Crippen LogP contribution in [0, 0.1) is 11.3 Å². The predicted molar refractivity (Wildman–Crippen MR) is 39.5 cm³/mol. The fraction of sp³-hybridized carbons (Fsp3) is 0.857. The van der Waals surface area contributed by atoms with Crippen LogP contribution in [0.2, 0.25) is 0 Å². The maximum atomic E-state index is 11.5. The summed E-state index contributed by atoms with van der Waals surface area (Å²) in [6.45, 7) is -0.955. The van der Waals surface area contributed by atoms with E-state index in [1.807, 2.05) is 6.07 Å². The highest BCUT2D eigenvalue weighted by atomic mass is 19.4. The average Bonchev–Trinajstić information content (AvgIpc) is 2.01. The minimum Gasteiger partial charge on any atom is -0.292 e. The van der Waals surface area contributed by atoms with Gasteiger partial charge in [-0.2, -0.15) is 18.4 Å². The van der Waals surface area contributed by atoms with E-state index in [0.29, 0.717) is 25.8 Å². The van der Waals surface area contributed by atoms with E-state index < -0.39 is 12.8 Å². The number of rotatable bonds is 6. The Balaban J connectivity index is 3.05. The molecule has 0 aliphatic heterocycles. The van der Waals surface area contributed by atoms with E-state index >= 15 is 0 Å². The van der Waals surface area contributed by atoms with Crippen molar-refractivity contribution in [3.63, 3.8) is 0 Å². The minimum atomic E-state index is -4.29. The number of hydroxylamine groups is 1. The van der Waals surface area contributed by atoms with E-state index in [-0.39, 0.29) is 0 Å². The molecular formula is C7H11F3N2O. The molecule has 0 unspecified atom stereocenters. The molecule has 0 heterocycles. The molecule has 0 fully saturated rings. The zero-order valence-electron chi connectivity index (χ0n) is 7.02. The van der Waals surface area contributed by atoms with E-state index in [4.69, 9.17) is 5.26 Å². The first-order chi connectivity index (χ1) is 6.06. The van der Waals surface area contributed by atoms with E-state index in [9.17, 15) is 13.2 Å². The van der Waals surface area contributed by atoms with Crippen molar-refractivity contribution in [2.75, 3.05) is 13.2 Å². The maximum absolute atomic E-state index is 11.5. The van der Waals surface area contributed by atoms with Gasteiger partial charge in [0.05, 0.1) is 6.07 Å². The van der Waals surface area contributed by atoms with Crippen molar-refractivity contribution < 1.29 is 18.0 Å². The monoisotopic (exact) mass is 196 g/mol. The van der Waals surface area contributed by atoms with E-state index in [2.05, 4.69) is 10.3 Å². The molecule has 0 rings (SSSR count). The summed E-state index contributed by atoms with van der Waals surface area (Å²) in [6, 6.07) is 1.93. The van der Waals surface area contributed by atoms with Crippen LogP contribution in [-0.2, 0) is 4.84 Å². The van der Waals surface area contributed by atoms with E-state index in [1.165, 1.54) is 0 Å². The number of halogens is 3. The molecule has 1 N–H and O–H groups in total. The Bertz CT molecular complexity index is 164. The summed E-state index contributed by atoms with van der Waals surface area (Å²) >= 11 is 0. The summed E-state index contributed by atoms with van der Waals surface area (Å²) in [5.41, 5.74) is 2.17. The molecule has 76 valence electrons. The second-order valence-electron chi connectivity index (χ2n) is 2.41. The van der Waals surface area contributed by atoms with Gasteiger partial charge in [0.1, 0.15) is 0 Å². The highest BCUT2D eigenvalue weighted by Crippen LogP contribution is 2.13. The summed E-state index contributed by atoms with van der Waals surface area (Å²) in [7, 11) is 0. The second-order valence-corrected chi connectivity index (χ2v) is 2.41. The van der Waals surface area contributed by atoms with Crippen LogP contribution in [0.3, 0.4) is 0 Å². The molecule has 3 nitrogen and oxygen atoms in total. The summed E-state index contributed by atoms with van der Waals surface area (Å²) < 4.78 is 34.4. The number of alkyl halides is 3. The van der Waals surface area contributed by atoms with Crippen molar-refractivity contribution in [2.24, 2.45) is 0 Å². The Morgan fingerprint density at radius 3 is 2.54 bits per heavy atom. The van der Waals surface area contributed by atoms with Crippen molar-refractivity contribution in [1.82, 2.24) is 5.48 Å². The second kappa shape index (κ2) is 6.69. The highest BCUT2D eigenvalue weighted by Gasteiger charge is 2.27. The Morgan fingerprint density at radius 1 is 1.31 bits per heavy atom. The van der Waals surface area contributed by atoms with Gasteiger partial charge in [-0.25, -0.2) is 5.48 Å². The third kappa shape index (κ3) is 11.2. The van der Waals surface area contributed by atoms with Crippen LogP contribution in [0.25, 0.3) is 0 Å². The van der Waals surface area contributed by atoms with Crippen molar-refractivity contribution in [2.45, 2.75) is 25.4 Å². The van der Waals surface area contributed by atoms with Gasteiger partial charge in [-0.15, -0.1) is 0 Å². The summed E-state index contributed by atoms with van der Waals surface area (Å²) in [5.74, 6) is 0. The molecule has 0 radical (unpaired) electrons. The largest absolute Gasteiger partial charge is 0.413 e. The maximum Gasteiger partial charge on any atom is 0.413 e. The van der Waals surface area contributed by atoms with Gasteiger partial charge in [-0.3, -0.25) is 4.84 Å². The average molecular weight is 196 g/mol. The Kier molecular flexibility index (Phi) is 6.28. The summed E-state index contributed by atoms with van der Waals surface area (Å²) in [4.78, 5) is 4.12. The number of hydrogen-bond acceptors (Lipinski definition) is 3. The van der Waals surface area contributed by atoms with E-state index in [0.717, 1.165) is 0 Å². The van der Waals surface area contributed by atoms with Crippen LogP contribution >= 0.6 is 0 Å². The third-order valence-electron chi connectivity index (χ3n) is 1.16. The number of nitrogens with one attached hydrogen (secondary N) is 1. The van der Waals surface area contributed by atoms with Gasteiger partial charge in [0.2, 0.25) is 0 Å². The van der Waals surface area contributed by atoms with Gasteiger partial charge >= 0.3 is 6.18 Å². The Hall–Kier alpha value is -0.800. The topological polar surface area (TPSA) is 45.0 Å². The van der Waals surface area contributed by atoms with Gasteiger partial charge in [-0.05, 0) is 12.8 Å². The van der Waals surface area contributed by atoms with Gasteiger partial charge in [0.25, 0.3) is 0 Å². The van der Waals surface area contributed by atoms with Crippen LogP contribution in [0.1, 0.15) is 19.3 Å². The molecule has 0 atom stereocenters. The van der Waals surface area contributed by atoms with Gasteiger partial charge in [0.15, 0.2) is 6.61 Å². The molecule has 0 aliphatic rings. The number of nitrogens with zero attached hydrogens (tertiary/aromatic N) is 1. The summed E-state index contributed by atoms with van der Waals surface area (Å²) in [6.07, 6.45) is -2.58. The normalized spacial score (nSPS) is 11.2. The third-order valence-corrected chi connectivity index (χ3v) is 1.16. The van der Waals surface area contributed by atoms with Gasteiger partial charge < -0.3 is 0 Å². The van der Waals surface area contributed by atoms with Crippen LogP contribution in [0.5, 0.6) is 0 Å². The van der Waals surface area contributed by atoms with Crippen LogP contribution in [-0.4, -0.2) is 19.3 Å². The van der Waals surface area contributed by atoms with Gasteiger partial charge in [0, 0.05) is 13.0 Å². The predicted octanol–water partition coefficient (Wildman–Crippen LogP) is 1.76. The quantitative estimate of drug-likeness (QED) is 0.520. The first-order valence-electron chi connectivity index (χ1n) is 3.84. The van der Waals surface area contributed by atoms with Crippen molar-refractivity contribution in [3.05, 3.63) is 0 Å². The lowest BCUT2D eigenvalue weighted by Crippen LogP contribution is -2.25. The van der Waals surface area contributed by atoms with Crippen LogP contribution < -0.4 is 5.48 Å². The van der Waals surface area contributed by atoms with Gasteiger partial charge in [-0.1, -0.05) is 0 Å². The fourth-order valence-electron chi connectivity index (χ4n) is 0.606. The molecule has 0 bridgehead atoms. The molecule has 6 heteroatoms. The molecule has 0 saturated heterocycles. The molecule has 0 aromatic heterocycles. The fourth-order valence-corrected chi connectivity index (χ4v) is 0.606. The molecule has 0 amide bonds. The zero-order chi connectivity index (χ0) is 10.2. The lowest BCUT2D eigenvalue weighted by atomic mass is 10.2. The van der Waals surface area contributed by atoms with Crippen LogP contribution in [0.4, 0.5) is 13.2 Å². The highest BCUT2D eigenvalue weighted by molar-refractivity contribution is 4.67. The first-order valence-corrected chi connectivity index (χ1v) is 3.84. The minimum absolute atomic E-state index is 0.331. The lowest BCUT2D eigenvalue weighted by Gasteiger charge is -2.07. The van der Waals surface area contributed by atoms with Crippen molar-refractivity contribution in [1.29, 1.82) is 5.26 Å². The molecule has 13 heavy (non-hydrogen) atoms. The number of nitriles is 1. The SMILES string of the molecule is N#CCCCCNOCC(F)(F)F. The standard InChI is InChI=1S/C7H11F3N2O/c8-7(9,10)6-13-12-5-3-1-2-4-11/h12H,1-3,5-6H2. The molecular weight excluding hydrogens is 185 g/mol. The van der Waals surface area contributed by atoms with E-state index in [1.54, 1.807) is 0 Å². The smallest absolute Gasteiger partial charge is 0.292 e.